The molecule has 2 rings (SSSR count). The normalized spacial score (nSPS) is 31.4. The van der Waals surface area contributed by atoms with Gasteiger partial charge < -0.3 is 10.2 Å². The molecule has 0 unspecified atom stereocenters. The number of hydrogen-bond donors (Lipinski definition) is 1. The van der Waals surface area contributed by atoms with Crippen molar-refractivity contribution < 1.29 is 4.79 Å². The standard InChI is InChI=1S/C15H25N3O/c1-12-3-5-13(6-4-12)14(19)17-15(11-16)7-9-18(2)10-8-15/h12-13H,3-10H2,1-2H3,(H,17,19). The summed E-state index contributed by atoms with van der Waals surface area (Å²) in [6.45, 7) is 4.02. The fourth-order valence-corrected chi connectivity index (χ4v) is 3.13. The van der Waals surface area contributed by atoms with Gasteiger partial charge in [0.2, 0.25) is 5.91 Å². The lowest BCUT2D eigenvalue weighted by Gasteiger charge is -2.37. The quantitative estimate of drug-likeness (QED) is 0.828. The third kappa shape index (κ3) is 3.48. The minimum atomic E-state index is -0.618. The van der Waals surface area contributed by atoms with Crippen LogP contribution in [0.5, 0.6) is 0 Å². The van der Waals surface area contributed by atoms with E-state index in [0.717, 1.165) is 57.5 Å². The Hall–Kier alpha value is -1.08. The first-order valence-electron chi connectivity index (χ1n) is 7.46. The first kappa shape index (κ1) is 14.3. The van der Waals surface area contributed by atoms with E-state index in [1.165, 1.54) is 0 Å². The van der Waals surface area contributed by atoms with Gasteiger partial charge in [-0.05, 0) is 51.5 Å². The smallest absolute Gasteiger partial charge is 0.224 e. The molecule has 1 N–H and O–H groups in total. The van der Waals surface area contributed by atoms with Gasteiger partial charge in [-0.25, -0.2) is 0 Å². The van der Waals surface area contributed by atoms with E-state index in [1.54, 1.807) is 0 Å². The number of likely N-dealkylation sites (tertiary alicyclic amines) is 1. The van der Waals surface area contributed by atoms with Gasteiger partial charge in [0.05, 0.1) is 6.07 Å². The fraction of sp³-hybridized carbons (Fsp3) is 0.867. The summed E-state index contributed by atoms with van der Waals surface area (Å²) in [5, 5.41) is 12.5. The first-order valence-corrected chi connectivity index (χ1v) is 7.46. The van der Waals surface area contributed by atoms with Gasteiger partial charge in [0.1, 0.15) is 5.54 Å². The number of nitrogens with one attached hydrogen (secondary N) is 1. The second-order valence-corrected chi connectivity index (χ2v) is 6.44. The SMILES string of the molecule is CC1CCC(C(=O)NC2(C#N)CCN(C)CC2)CC1. The van der Waals surface area contributed by atoms with Gasteiger partial charge in [0.25, 0.3) is 0 Å². The predicted octanol–water partition coefficient (Wildman–Crippen LogP) is 1.92. The zero-order chi connectivity index (χ0) is 13.9. The molecule has 0 bridgehead atoms. The maximum Gasteiger partial charge on any atom is 0.224 e. The molecule has 4 nitrogen and oxygen atoms in total. The van der Waals surface area contributed by atoms with Crippen LogP contribution in [-0.4, -0.2) is 36.5 Å². The molecule has 1 amide bonds. The number of carbonyl (C=O) groups is 1. The summed E-state index contributed by atoms with van der Waals surface area (Å²) in [5.74, 6) is 0.983. The van der Waals surface area contributed by atoms with Gasteiger partial charge in [-0.2, -0.15) is 5.26 Å². The number of piperidine rings is 1. The lowest BCUT2D eigenvalue weighted by Crippen LogP contribution is -2.55. The molecule has 4 heteroatoms. The van der Waals surface area contributed by atoms with Crippen LogP contribution in [0.3, 0.4) is 0 Å². The Morgan fingerprint density at radius 2 is 1.84 bits per heavy atom. The molecule has 0 aromatic carbocycles. The fourth-order valence-electron chi connectivity index (χ4n) is 3.13. The molecule has 1 heterocycles. The van der Waals surface area contributed by atoms with E-state index in [0.29, 0.717) is 0 Å². The highest BCUT2D eigenvalue weighted by Gasteiger charge is 2.37. The lowest BCUT2D eigenvalue weighted by atomic mass is 9.81. The van der Waals surface area contributed by atoms with Crippen LogP contribution in [0, 0.1) is 23.2 Å². The van der Waals surface area contributed by atoms with Crippen molar-refractivity contribution in [3.8, 4) is 6.07 Å². The van der Waals surface area contributed by atoms with Crippen LogP contribution < -0.4 is 5.32 Å². The molecule has 19 heavy (non-hydrogen) atoms. The molecule has 0 radical (unpaired) electrons. The molecule has 1 saturated carbocycles. The number of nitriles is 1. The van der Waals surface area contributed by atoms with Crippen LogP contribution in [0.4, 0.5) is 0 Å². The summed E-state index contributed by atoms with van der Waals surface area (Å²) in [6, 6.07) is 2.36. The molecule has 106 valence electrons. The minimum absolute atomic E-state index is 0.109. The molecule has 2 aliphatic rings. The van der Waals surface area contributed by atoms with Crippen molar-refractivity contribution in [3.05, 3.63) is 0 Å². The van der Waals surface area contributed by atoms with E-state index >= 15 is 0 Å². The van der Waals surface area contributed by atoms with E-state index in [1.807, 2.05) is 0 Å². The van der Waals surface area contributed by atoms with Gasteiger partial charge in [-0.1, -0.05) is 6.92 Å². The number of carbonyl (C=O) groups excluding carboxylic acids is 1. The van der Waals surface area contributed by atoms with Gasteiger partial charge in [-0.15, -0.1) is 0 Å². The molecule has 0 spiro atoms. The zero-order valence-electron chi connectivity index (χ0n) is 12.1. The molecule has 1 saturated heterocycles. The van der Waals surface area contributed by atoms with Crippen LogP contribution in [0.25, 0.3) is 0 Å². The van der Waals surface area contributed by atoms with Crippen LogP contribution >= 0.6 is 0 Å². The van der Waals surface area contributed by atoms with Crippen molar-refractivity contribution >= 4 is 5.91 Å². The topological polar surface area (TPSA) is 56.1 Å². The number of hydrogen-bond acceptors (Lipinski definition) is 3. The number of nitrogens with zero attached hydrogens (tertiary/aromatic N) is 2. The average Bonchev–Trinajstić information content (AvgIpc) is 2.42. The van der Waals surface area contributed by atoms with Crippen molar-refractivity contribution in [2.75, 3.05) is 20.1 Å². The van der Waals surface area contributed by atoms with Crippen LogP contribution in [0.1, 0.15) is 45.4 Å². The largest absolute Gasteiger partial charge is 0.337 e. The van der Waals surface area contributed by atoms with Crippen LogP contribution in [0.15, 0.2) is 0 Å². The summed E-state index contributed by atoms with van der Waals surface area (Å²) in [6.07, 6.45) is 5.73. The lowest BCUT2D eigenvalue weighted by molar-refractivity contribution is -0.128. The van der Waals surface area contributed by atoms with E-state index < -0.39 is 5.54 Å². The molecule has 0 atom stereocenters. The Bertz CT molecular complexity index is 358. The summed E-state index contributed by atoms with van der Waals surface area (Å²) < 4.78 is 0. The van der Waals surface area contributed by atoms with E-state index in [4.69, 9.17) is 0 Å². The predicted molar refractivity (Wildman–Crippen MR) is 74.3 cm³/mol. The van der Waals surface area contributed by atoms with Crippen molar-refractivity contribution in [1.82, 2.24) is 10.2 Å². The third-order valence-corrected chi connectivity index (χ3v) is 4.80. The van der Waals surface area contributed by atoms with E-state index in [-0.39, 0.29) is 11.8 Å². The summed E-state index contributed by atoms with van der Waals surface area (Å²) in [4.78, 5) is 14.6. The average molecular weight is 263 g/mol. The molecule has 1 aliphatic heterocycles. The first-order chi connectivity index (χ1) is 9.04. The van der Waals surface area contributed by atoms with Gasteiger partial charge in [-0.3, -0.25) is 4.79 Å². The second-order valence-electron chi connectivity index (χ2n) is 6.44. The highest BCUT2D eigenvalue weighted by molar-refractivity contribution is 5.80. The van der Waals surface area contributed by atoms with E-state index in [2.05, 4.69) is 30.3 Å². The summed E-state index contributed by atoms with van der Waals surface area (Å²) >= 11 is 0. The Balaban J connectivity index is 1.91. The Kier molecular flexibility index (Phi) is 4.46. The minimum Gasteiger partial charge on any atom is -0.337 e. The Morgan fingerprint density at radius 1 is 1.26 bits per heavy atom. The number of amides is 1. The van der Waals surface area contributed by atoms with E-state index in [9.17, 15) is 10.1 Å². The summed E-state index contributed by atoms with van der Waals surface area (Å²) in [5.41, 5.74) is -0.618. The Labute approximate surface area is 116 Å². The second kappa shape index (κ2) is 5.92. The summed E-state index contributed by atoms with van der Waals surface area (Å²) in [7, 11) is 2.06. The van der Waals surface area contributed by atoms with Gasteiger partial charge >= 0.3 is 0 Å². The molecular formula is C15H25N3O. The number of rotatable bonds is 2. The van der Waals surface area contributed by atoms with Crippen molar-refractivity contribution in [1.29, 1.82) is 5.26 Å². The van der Waals surface area contributed by atoms with Gasteiger partial charge in [0.15, 0.2) is 0 Å². The molecular weight excluding hydrogens is 238 g/mol. The van der Waals surface area contributed by atoms with Crippen LogP contribution in [-0.2, 0) is 4.79 Å². The van der Waals surface area contributed by atoms with Crippen molar-refractivity contribution in [2.45, 2.75) is 51.0 Å². The maximum absolute atomic E-state index is 12.3. The highest BCUT2D eigenvalue weighted by atomic mass is 16.2. The van der Waals surface area contributed by atoms with Crippen molar-refractivity contribution in [3.63, 3.8) is 0 Å². The molecule has 0 aromatic heterocycles. The molecule has 1 aliphatic carbocycles. The highest BCUT2D eigenvalue weighted by Crippen LogP contribution is 2.29. The van der Waals surface area contributed by atoms with Gasteiger partial charge in [0, 0.05) is 19.0 Å². The van der Waals surface area contributed by atoms with Crippen LogP contribution in [0.2, 0.25) is 0 Å². The zero-order valence-corrected chi connectivity index (χ0v) is 12.1. The molecule has 2 fully saturated rings. The Morgan fingerprint density at radius 3 is 2.37 bits per heavy atom. The molecule has 0 aromatic rings. The van der Waals surface area contributed by atoms with Crippen molar-refractivity contribution in [2.24, 2.45) is 11.8 Å². The monoisotopic (exact) mass is 263 g/mol. The maximum atomic E-state index is 12.3. The third-order valence-electron chi connectivity index (χ3n) is 4.80.